The molecule has 3 nitrogen and oxygen atoms in total. The predicted molar refractivity (Wildman–Crippen MR) is 150 cm³/mol. The van der Waals surface area contributed by atoms with Gasteiger partial charge < -0.3 is 9.84 Å². The zero-order valence-corrected chi connectivity index (χ0v) is 24.3. The van der Waals surface area contributed by atoms with Gasteiger partial charge in [0.25, 0.3) is 0 Å². The van der Waals surface area contributed by atoms with Crippen molar-refractivity contribution in [1.82, 2.24) is 0 Å². The maximum Gasteiger partial charge on any atom is 0.306 e. The highest BCUT2D eigenvalue weighted by atomic mass is 79.9. The number of carbonyl (C=O) groups excluding carboxylic acids is 1. The molecule has 198 valence electrons. The highest BCUT2D eigenvalue weighted by Gasteiger charge is 2.50. The molecule has 5 atom stereocenters. The van der Waals surface area contributed by atoms with Crippen LogP contribution in [0.4, 0.5) is 0 Å². The first kappa shape index (κ1) is 28.7. The number of hydrogen-bond donors (Lipinski definition) is 1. The van der Waals surface area contributed by atoms with Crippen LogP contribution in [-0.2, 0) is 9.53 Å². The van der Waals surface area contributed by atoms with Gasteiger partial charge in [-0.05, 0) is 100 Å². The van der Waals surface area contributed by atoms with Gasteiger partial charge in [0.05, 0.1) is 5.60 Å². The topological polar surface area (TPSA) is 46.5 Å². The summed E-state index contributed by atoms with van der Waals surface area (Å²) in [6.45, 7) is 13.2. The Labute approximate surface area is 223 Å². The molecule has 0 bridgehead atoms. The van der Waals surface area contributed by atoms with Gasteiger partial charge in [-0.1, -0.05) is 72.5 Å². The van der Waals surface area contributed by atoms with E-state index >= 15 is 0 Å². The Morgan fingerprint density at radius 3 is 2.74 bits per heavy atom. The Hall–Kier alpha value is -0.870. The van der Waals surface area contributed by atoms with Crippen molar-refractivity contribution in [3.05, 3.63) is 35.5 Å². The Bertz CT molecular complexity index is 805. The number of fused-ring (bicyclic) bond motifs is 1. The first-order valence-electron chi connectivity index (χ1n) is 14.1. The van der Waals surface area contributed by atoms with E-state index in [1.165, 1.54) is 49.7 Å². The van der Waals surface area contributed by atoms with Crippen LogP contribution in [0, 0.1) is 23.2 Å². The lowest BCUT2D eigenvalue weighted by atomic mass is 9.60. The number of esters is 1. The summed E-state index contributed by atoms with van der Waals surface area (Å²) in [5, 5.41) is 10.9. The molecular weight excluding hydrogens is 500 g/mol. The van der Waals surface area contributed by atoms with E-state index in [4.69, 9.17) is 4.74 Å². The molecule has 3 saturated carbocycles. The first-order chi connectivity index (χ1) is 16.5. The van der Waals surface area contributed by atoms with Crippen LogP contribution in [0.25, 0.3) is 0 Å². The fourth-order valence-electron chi connectivity index (χ4n) is 7.21. The zero-order chi connectivity index (χ0) is 25.6. The molecule has 0 amide bonds. The van der Waals surface area contributed by atoms with Crippen molar-refractivity contribution in [2.24, 2.45) is 23.2 Å². The van der Waals surface area contributed by atoms with Gasteiger partial charge in [-0.25, -0.2) is 0 Å². The summed E-state index contributed by atoms with van der Waals surface area (Å²) in [5.41, 5.74) is 3.95. The van der Waals surface area contributed by atoms with Gasteiger partial charge in [0.1, 0.15) is 6.10 Å². The molecule has 3 fully saturated rings. The van der Waals surface area contributed by atoms with E-state index in [1.807, 2.05) is 13.8 Å². The Morgan fingerprint density at radius 2 is 2.03 bits per heavy atom. The van der Waals surface area contributed by atoms with E-state index in [0.29, 0.717) is 23.7 Å². The van der Waals surface area contributed by atoms with Crippen molar-refractivity contribution < 1.29 is 14.6 Å². The highest BCUT2D eigenvalue weighted by molar-refractivity contribution is 9.09. The number of hydrogen-bond acceptors (Lipinski definition) is 3. The summed E-state index contributed by atoms with van der Waals surface area (Å²) >= 11 is 3.39. The third-order valence-corrected chi connectivity index (χ3v) is 9.71. The van der Waals surface area contributed by atoms with Crippen LogP contribution in [0.15, 0.2) is 35.5 Å². The number of alkyl halides is 1. The molecule has 0 aromatic heterocycles. The minimum atomic E-state index is -0.551. The molecule has 1 unspecified atom stereocenters. The predicted octanol–water partition coefficient (Wildman–Crippen LogP) is 8.46. The molecular formula is C31H49BrO3. The fraction of sp³-hybridized carbons (Fsp3) is 0.774. The summed E-state index contributed by atoms with van der Waals surface area (Å²) in [5.74, 6) is 2.10. The number of halogens is 1. The van der Waals surface area contributed by atoms with Crippen LogP contribution < -0.4 is 0 Å². The van der Waals surface area contributed by atoms with Crippen molar-refractivity contribution in [3.8, 4) is 0 Å². The van der Waals surface area contributed by atoms with Gasteiger partial charge in [-0.2, -0.15) is 0 Å². The van der Waals surface area contributed by atoms with Crippen LogP contribution in [0.3, 0.4) is 0 Å². The SMILES string of the molecule is C=C1CC[C@H](OC(=O)CCCBr)C/C1=C/C=C1\CCC[C@@]2(C)C1CC[C@@H]2[C@H](C)CCCC(C)(C)O. The maximum absolute atomic E-state index is 12.1. The highest BCUT2D eigenvalue weighted by Crippen LogP contribution is 2.60. The second-order valence-electron chi connectivity index (χ2n) is 12.5. The molecule has 0 heterocycles. The molecule has 0 aromatic rings. The van der Waals surface area contributed by atoms with Crippen LogP contribution in [0.5, 0.6) is 0 Å². The molecule has 35 heavy (non-hydrogen) atoms. The largest absolute Gasteiger partial charge is 0.462 e. The molecule has 1 N–H and O–H groups in total. The first-order valence-corrected chi connectivity index (χ1v) is 15.2. The Balaban J connectivity index is 1.64. The number of carbonyl (C=O) groups is 1. The van der Waals surface area contributed by atoms with Gasteiger partial charge in [0, 0.05) is 18.2 Å². The second kappa shape index (κ2) is 12.6. The molecule has 0 radical (unpaired) electrons. The molecule has 3 rings (SSSR count). The molecule has 0 aliphatic heterocycles. The fourth-order valence-corrected chi connectivity index (χ4v) is 7.49. The van der Waals surface area contributed by atoms with Crippen LogP contribution in [0.2, 0.25) is 0 Å². The van der Waals surface area contributed by atoms with Crippen molar-refractivity contribution in [2.75, 3.05) is 5.33 Å². The van der Waals surface area contributed by atoms with Gasteiger partial charge in [0.15, 0.2) is 0 Å². The van der Waals surface area contributed by atoms with Gasteiger partial charge in [-0.3, -0.25) is 4.79 Å². The lowest BCUT2D eigenvalue weighted by Crippen LogP contribution is -2.36. The number of aliphatic hydroxyl groups is 1. The van der Waals surface area contributed by atoms with E-state index in [-0.39, 0.29) is 12.1 Å². The molecule has 0 spiro atoms. The smallest absolute Gasteiger partial charge is 0.306 e. The number of ether oxygens (including phenoxy) is 1. The summed E-state index contributed by atoms with van der Waals surface area (Å²) in [6, 6.07) is 0. The minimum absolute atomic E-state index is 0.00907. The van der Waals surface area contributed by atoms with Gasteiger partial charge >= 0.3 is 5.97 Å². The van der Waals surface area contributed by atoms with Crippen molar-refractivity contribution in [3.63, 3.8) is 0 Å². The Morgan fingerprint density at radius 1 is 1.26 bits per heavy atom. The maximum atomic E-state index is 12.1. The third kappa shape index (κ3) is 7.81. The summed E-state index contributed by atoms with van der Waals surface area (Å²) in [6.07, 6.45) is 18.3. The van der Waals surface area contributed by atoms with Crippen LogP contribution in [-0.4, -0.2) is 28.1 Å². The van der Waals surface area contributed by atoms with Gasteiger partial charge in [-0.15, -0.1) is 0 Å². The molecule has 4 heteroatoms. The molecule has 3 aliphatic rings. The van der Waals surface area contributed by atoms with E-state index < -0.39 is 5.60 Å². The average molecular weight is 550 g/mol. The van der Waals surface area contributed by atoms with E-state index in [0.717, 1.165) is 49.8 Å². The number of allylic oxidation sites excluding steroid dienone is 4. The van der Waals surface area contributed by atoms with Gasteiger partial charge in [0.2, 0.25) is 0 Å². The summed E-state index contributed by atoms with van der Waals surface area (Å²) < 4.78 is 5.76. The normalized spacial score (nSPS) is 32.6. The molecule has 0 aromatic carbocycles. The monoisotopic (exact) mass is 548 g/mol. The molecule has 0 saturated heterocycles. The third-order valence-electron chi connectivity index (χ3n) is 9.15. The lowest BCUT2D eigenvalue weighted by Gasteiger charge is -2.44. The van der Waals surface area contributed by atoms with Crippen LogP contribution in [0.1, 0.15) is 111 Å². The average Bonchev–Trinajstić information content (AvgIpc) is 3.14. The van der Waals surface area contributed by atoms with Crippen LogP contribution >= 0.6 is 15.9 Å². The van der Waals surface area contributed by atoms with Crippen molar-refractivity contribution in [2.45, 2.75) is 123 Å². The van der Waals surface area contributed by atoms with E-state index in [2.05, 4.69) is 48.5 Å². The summed E-state index contributed by atoms with van der Waals surface area (Å²) in [7, 11) is 0. The Kier molecular flexibility index (Phi) is 10.3. The lowest BCUT2D eigenvalue weighted by molar-refractivity contribution is -0.149. The van der Waals surface area contributed by atoms with Crippen molar-refractivity contribution in [1.29, 1.82) is 0 Å². The zero-order valence-electron chi connectivity index (χ0n) is 22.7. The van der Waals surface area contributed by atoms with Crippen molar-refractivity contribution >= 4 is 21.9 Å². The quantitative estimate of drug-likeness (QED) is 0.220. The number of rotatable bonds is 10. The van der Waals surface area contributed by atoms with E-state index in [1.54, 1.807) is 5.57 Å². The molecule has 3 aliphatic carbocycles. The second-order valence-corrected chi connectivity index (χ2v) is 13.3. The summed E-state index contributed by atoms with van der Waals surface area (Å²) in [4.78, 5) is 12.1. The minimum Gasteiger partial charge on any atom is -0.462 e. The standard InChI is InChI=1S/C31H49BrO3/c1-22-12-15-26(35-29(33)11-8-20-32)21-25(22)14-13-24-10-7-19-31(5)27(16-17-28(24)31)23(2)9-6-18-30(3,4)34/h13-14,23,26-28,34H,1,6-12,15-21H2,2-5H3/b24-13+,25-14-/t23-,26+,27-,28?,31-/m1/s1. The van der Waals surface area contributed by atoms with E-state index in [9.17, 15) is 9.90 Å².